The molecule has 5 rings (SSSR count). The smallest absolute Gasteiger partial charge is 0.306 e. The third-order valence-electron chi connectivity index (χ3n) is 8.37. The molecule has 0 amide bonds. The minimum Gasteiger partial charge on any atom is -0.481 e. The summed E-state index contributed by atoms with van der Waals surface area (Å²) >= 11 is 0. The highest BCUT2D eigenvalue weighted by atomic mass is 35.5. The molecule has 1 N–H and O–H groups in total. The Hall–Kier alpha value is -2.58. The number of aromatic nitrogens is 2. The molecule has 1 aliphatic carbocycles. The summed E-state index contributed by atoms with van der Waals surface area (Å²) in [7, 11) is 1.69. The molecule has 1 saturated carbocycles. The van der Waals surface area contributed by atoms with E-state index in [9.17, 15) is 4.79 Å². The Kier molecular flexibility index (Phi) is 10.7. The third kappa shape index (κ3) is 7.76. The lowest BCUT2D eigenvalue weighted by atomic mass is 9.89. The molecule has 0 spiro atoms. The molecule has 0 unspecified atom stereocenters. The van der Waals surface area contributed by atoms with Crippen molar-refractivity contribution in [3.8, 4) is 11.8 Å². The number of ether oxygens (including phenoxy) is 3. The SMILES string of the molecule is CCOC(=O)C[C@H](c1ccnc(OCC2CCN(c3cc(OC)ncc3C3CCNCC3)CC2)c1)C1CC1.Cl. The number of hydrogen-bond donors (Lipinski definition) is 1. The molecular weight excluding hydrogens is 516 g/mol. The zero-order valence-electron chi connectivity index (χ0n) is 23.3. The van der Waals surface area contributed by atoms with Crippen LogP contribution in [0.2, 0.25) is 0 Å². The molecule has 2 saturated heterocycles. The Balaban J connectivity index is 0.00000353. The number of halogens is 1. The van der Waals surface area contributed by atoms with Crippen LogP contribution in [0.3, 0.4) is 0 Å². The summed E-state index contributed by atoms with van der Waals surface area (Å²) in [5.41, 5.74) is 3.78. The molecule has 2 aliphatic heterocycles. The standard InChI is InChI=1S/C30H42N4O4.ClH/c1-3-37-30(35)17-25(22-4-5-22)24-8-13-32-29(16-24)38-20-21-9-14-34(15-10-21)27-18-28(36-2)33-19-26(27)23-6-11-31-12-7-23;/h8,13,16,18-19,21-23,25,31H,3-7,9-12,14-15,17,20H2,1-2H3;1H/t25-;/m0./s1. The lowest BCUT2D eigenvalue weighted by molar-refractivity contribution is -0.143. The summed E-state index contributed by atoms with van der Waals surface area (Å²) in [6.45, 7) is 7.06. The lowest BCUT2D eigenvalue weighted by Gasteiger charge is -2.36. The van der Waals surface area contributed by atoms with E-state index in [0.29, 0.717) is 49.1 Å². The zero-order valence-corrected chi connectivity index (χ0v) is 24.1. The van der Waals surface area contributed by atoms with Gasteiger partial charge in [-0.3, -0.25) is 4.79 Å². The van der Waals surface area contributed by atoms with Crippen LogP contribution >= 0.6 is 12.4 Å². The van der Waals surface area contributed by atoms with Gasteiger partial charge in [0.1, 0.15) is 0 Å². The Bertz CT molecular complexity index is 1070. The Morgan fingerprint density at radius 2 is 1.85 bits per heavy atom. The molecule has 0 bridgehead atoms. The second-order valence-corrected chi connectivity index (χ2v) is 10.9. The first-order valence-electron chi connectivity index (χ1n) is 14.4. The molecule has 3 fully saturated rings. The highest BCUT2D eigenvalue weighted by Gasteiger charge is 2.34. The van der Waals surface area contributed by atoms with Gasteiger partial charge in [0, 0.05) is 43.3 Å². The number of carbonyl (C=O) groups is 1. The first kappa shape index (κ1) is 29.4. The molecule has 0 aromatic carbocycles. The summed E-state index contributed by atoms with van der Waals surface area (Å²) in [6, 6.07) is 6.18. The molecule has 8 nitrogen and oxygen atoms in total. The van der Waals surface area contributed by atoms with Gasteiger partial charge in [0.05, 0.1) is 26.7 Å². The Morgan fingerprint density at radius 3 is 2.54 bits per heavy atom. The second-order valence-electron chi connectivity index (χ2n) is 10.9. The van der Waals surface area contributed by atoms with Crippen molar-refractivity contribution in [2.24, 2.45) is 11.8 Å². The van der Waals surface area contributed by atoms with E-state index >= 15 is 0 Å². The van der Waals surface area contributed by atoms with Crippen LogP contribution in [0.4, 0.5) is 5.69 Å². The van der Waals surface area contributed by atoms with Crippen LogP contribution in [-0.2, 0) is 9.53 Å². The van der Waals surface area contributed by atoms with Crippen LogP contribution in [0, 0.1) is 11.8 Å². The Morgan fingerprint density at radius 1 is 1.08 bits per heavy atom. The molecule has 214 valence electrons. The monoisotopic (exact) mass is 558 g/mol. The predicted molar refractivity (Wildman–Crippen MR) is 154 cm³/mol. The van der Waals surface area contributed by atoms with E-state index in [0.717, 1.165) is 57.4 Å². The topological polar surface area (TPSA) is 85.8 Å². The van der Waals surface area contributed by atoms with Crippen molar-refractivity contribution in [2.45, 2.75) is 63.7 Å². The molecule has 2 aromatic heterocycles. The number of pyridine rings is 2. The largest absolute Gasteiger partial charge is 0.481 e. The van der Waals surface area contributed by atoms with Crippen molar-refractivity contribution in [1.29, 1.82) is 0 Å². The molecular formula is C30H43ClN4O4. The van der Waals surface area contributed by atoms with Gasteiger partial charge in [0.2, 0.25) is 11.8 Å². The van der Waals surface area contributed by atoms with Gasteiger partial charge in [-0.1, -0.05) is 0 Å². The molecule has 2 aromatic rings. The summed E-state index contributed by atoms with van der Waals surface area (Å²) in [4.78, 5) is 23.7. The highest BCUT2D eigenvalue weighted by molar-refractivity contribution is 5.85. The maximum absolute atomic E-state index is 12.2. The molecule has 4 heterocycles. The predicted octanol–water partition coefficient (Wildman–Crippen LogP) is 5.12. The van der Waals surface area contributed by atoms with Crippen LogP contribution in [0.25, 0.3) is 0 Å². The van der Waals surface area contributed by atoms with Crippen LogP contribution in [0.1, 0.15) is 74.8 Å². The zero-order chi connectivity index (χ0) is 26.3. The number of carbonyl (C=O) groups excluding carboxylic acids is 1. The number of anilines is 1. The van der Waals surface area contributed by atoms with E-state index in [4.69, 9.17) is 14.2 Å². The number of esters is 1. The second kappa shape index (κ2) is 14.2. The Labute approximate surface area is 238 Å². The van der Waals surface area contributed by atoms with Gasteiger partial charge in [-0.05, 0) is 99.4 Å². The van der Waals surface area contributed by atoms with Crippen molar-refractivity contribution >= 4 is 24.1 Å². The number of methoxy groups -OCH3 is 1. The number of piperidine rings is 2. The summed E-state index contributed by atoms with van der Waals surface area (Å²) in [6.07, 6.45) is 11.1. The summed E-state index contributed by atoms with van der Waals surface area (Å²) < 4.78 is 16.9. The average molecular weight is 559 g/mol. The average Bonchev–Trinajstić information content (AvgIpc) is 3.81. The van der Waals surface area contributed by atoms with Gasteiger partial charge >= 0.3 is 5.97 Å². The van der Waals surface area contributed by atoms with Gasteiger partial charge in [0.15, 0.2) is 0 Å². The maximum atomic E-state index is 12.2. The van der Waals surface area contributed by atoms with Gasteiger partial charge < -0.3 is 24.4 Å². The van der Waals surface area contributed by atoms with Crippen molar-refractivity contribution in [2.75, 3.05) is 51.4 Å². The number of hydrogen-bond acceptors (Lipinski definition) is 8. The van der Waals surface area contributed by atoms with E-state index in [1.807, 2.05) is 31.5 Å². The molecule has 1 atom stereocenters. The van der Waals surface area contributed by atoms with E-state index in [-0.39, 0.29) is 24.3 Å². The third-order valence-corrected chi connectivity index (χ3v) is 8.37. The number of nitrogens with one attached hydrogen (secondary N) is 1. The first-order valence-corrected chi connectivity index (χ1v) is 14.4. The van der Waals surface area contributed by atoms with Gasteiger partial charge in [-0.25, -0.2) is 9.97 Å². The fraction of sp³-hybridized carbons (Fsp3) is 0.633. The summed E-state index contributed by atoms with van der Waals surface area (Å²) in [5.74, 6) is 3.00. The molecule has 0 radical (unpaired) electrons. The van der Waals surface area contributed by atoms with Crippen molar-refractivity contribution in [3.63, 3.8) is 0 Å². The van der Waals surface area contributed by atoms with E-state index in [2.05, 4.69) is 26.3 Å². The number of nitrogens with zero attached hydrogens (tertiary/aromatic N) is 3. The van der Waals surface area contributed by atoms with E-state index in [1.54, 1.807) is 7.11 Å². The maximum Gasteiger partial charge on any atom is 0.306 e. The van der Waals surface area contributed by atoms with Crippen LogP contribution in [0.15, 0.2) is 30.6 Å². The number of rotatable bonds is 11. The van der Waals surface area contributed by atoms with Crippen LogP contribution in [0.5, 0.6) is 11.8 Å². The minimum atomic E-state index is -0.120. The highest BCUT2D eigenvalue weighted by Crippen LogP contribution is 2.45. The normalized spacial score (nSPS) is 19.2. The summed E-state index contributed by atoms with van der Waals surface area (Å²) in [5, 5.41) is 3.47. The minimum absolute atomic E-state index is 0. The van der Waals surface area contributed by atoms with Gasteiger partial charge in [-0.2, -0.15) is 0 Å². The van der Waals surface area contributed by atoms with Crippen LogP contribution < -0.4 is 19.7 Å². The fourth-order valence-corrected chi connectivity index (χ4v) is 6.00. The fourth-order valence-electron chi connectivity index (χ4n) is 6.00. The van der Waals surface area contributed by atoms with E-state index in [1.165, 1.54) is 24.1 Å². The first-order chi connectivity index (χ1) is 18.6. The lowest BCUT2D eigenvalue weighted by Crippen LogP contribution is -2.37. The van der Waals surface area contributed by atoms with E-state index < -0.39 is 0 Å². The van der Waals surface area contributed by atoms with Crippen LogP contribution in [-0.4, -0.2) is 62.4 Å². The molecule has 3 aliphatic rings. The van der Waals surface area contributed by atoms with Crippen molar-refractivity contribution in [3.05, 3.63) is 41.7 Å². The van der Waals surface area contributed by atoms with Gasteiger partial charge in [0.25, 0.3) is 0 Å². The molecule has 9 heteroatoms. The quantitative estimate of drug-likeness (QED) is 0.381. The molecule has 39 heavy (non-hydrogen) atoms. The van der Waals surface area contributed by atoms with Crippen molar-refractivity contribution in [1.82, 2.24) is 15.3 Å². The van der Waals surface area contributed by atoms with Crippen molar-refractivity contribution < 1.29 is 19.0 Å². The van der Waals surface area contributed by atoms with Gasteiger partial charge in [-0.15, -0.1) is 12.4 Å².